The molecule has 3 atom stereocenters. The summed E-state index contributed by atoms with van der Waals surface area (Å²) in [6, 6.07) is -1.11. The van der Waals surface area contributed by atoms with E-state index in [1.54, 1.807) is 6.08 Å². The molecule has 2 aliphatic rings. The molecule has 6 heteroatoms. The van der Waals surface area contributed by atoms with Gasteiger partial charge in [-0.3, -0.25) is 14.5 Å². The number of carboxylic acid groups (broad SMARTS) is 1. The molecule has 1 heterocycles. The normalized spacial score (nSPS) is 30.0. The number of hydrogen-bond donors (Lipinski definition) is 1. The van der Waals surface area contributed by atoms with Crippen LogP contribution in [0, 0.1) is 11.8 Å². The number of halogens is 1. The van der Waals surface area contributed by atoms with E-state index < -0.39 is 35.7 Å². The Labute approximate surface area is 103 Å². The van der Waals surface area contributed by atoms with Gasteiger partial charge < -0.3 is 5.11 Å². The molecule has 0 spiro atoms. The average molecular weight is 258 g/mol. The van der Waals surface area contributed by atoms with Gasteiger partial charge in [-0.2, -0.15) is 0 Å². The highest BCUT2D eigenvalue weighted by Gasteiger charge is 2.51. The molecule has 1 aliphatic heterocycles. The summed E-state index contributed by atoms with van der Waals surface area (Å²) in [4.78, 5) is 35.7. The predicted octanol–water partition coefficient (Wildman–Crippen LogP) is 0.977. The Bertz CT molecular complexity index is 431. The maximum absolute atomic E-state index is 12.0. The molecule has 92 valence electrons. The summed E-state index contributed by atoms with van der Waals surface area (Å²) in [5.41, 5.74) is 0. The van der Waals surface area contributed by atoms with Gasteiger partial charge in [-0.15, -0.1) is 0 Å². The molecule has 0 aromatic carbocycles. The van der Waals surface area contributed by atoms with Gasteiger partial charge in [0.1, 0.15) is 6.04 Å². The second-order valence-electron chi connectivity index (χ2n) is 4.36. The standard InChI is InChI=1S/C11H12ClNO4/c1-5(11(16)17)13-9(14)7-3-2-6(12)4-8(7)10(13)15/h2,5,7-8H,3-4H2,1H3,(H,16,17)/t5-,7-,8+/m1/s1. The van der Waals surface area contributed by atoms with Crippen LogP contribution < -0.4 is 0 Å². The Morgan fingerprint density at radius 3 is 2.65 bits per heavy atom. The molecule has 0 aromatic rings. The highest BCUT2D eigenvalue weighted by atomic mass is 35.5. The second kappa shape index (κ2) is 4.14. The molecule has 1 aliphatic carbocycles. The van der Waals surface area contributed by atoms with Crippen LogP contribution in [0.25, 0.3) is 0 Å². The number of likely N-dealkylation sites (tertiary alicyclic amines) is 1. The fraction of sp³-hybridized carbons (Fsp3) is 0.545. The van der Waals surface area contributed by atoms with Crippen LogP contribution in [0.2, 0.25) is 0 Å². The topological polar surface area (TPSA) is 74.7 Å². The van der Waals surface area contributed by atoms with Crippen LogP contribution in [0.5, 0.6) is 0 Å². The zero-order valence-corrected chi connectivity index (χ0v) is 9.98. The molecular weight excluding hydrogens is 246 g/mol. The third kappa shape index (κ3) is 1.84. The van der Waals surface area contributed by atoms with Gasteiger partial charge in [-0.1, -0.05) is 17.7 Å². The van der Waals surface area contributed by atoms with E-state index in [2.05, 4.69) is 0 Å². The van der Waals surface area contributed by atoms with E-state index in [0.717, 1.165) is 4.90 Å². The first-order valence-corrected chi connectivity index (χ1v) is 5.75. The van der Waals surface area contributed by atoms with Gasteiger partial charge in [-0.25, -0.2) is 4.79 Å². The molecule has 1 fully saturated rings. The van der Waals surface area contributed by atoms with Gasteiger partial charge in [0.25, 0.3) is 0 Å². The quantitative estimate of drug-likeness (QED) is 0.748. The lowest BCUT2D eigenvalue weighted by molar-refractivity contribution is -0.154. The molecule has 0 aromatic heterocycles. The number of fused-ring (bicyclic) bond motifs is 1. The number of rotatable bonds is 2. The Morgan fingerprint density at radius 2 is 2.06 bits per heavy atom. The number of carbonyl (C=O) groups excluding carboxylic acids is 2. The zero-order valence-electron chi connectivity index (χ0n) is 9.22. The predicted molar refractivity (Wildman–Crippen MR) is 59.1 cm³/mol. The first-order chi connectivity index (χ1) is 7.93. The van der Waals surface area contributed by atoms with Gasteiger partial charge >= 0.3 is 5.97 Å². The first-order valence-electron chi connectivity index (χ1n) is 5.37. The van der Waals surface area contributed by atoms with E-state index >= 15 is 0 Å². The number of hydrogen-bond acceptors (Lipinski definition) is 3. The van der Waals surface area contributed by atoms with Crippen LogP contribution >= 0.6 is 11.6 Å². The summed E-state index contributed by atoms with van der Waals surface area (Å²) >= 11 is 5.85. The smallest absolute Gasteiger partial charge is 0.326 e. The maximum atomic E-state index is 12.0. The molecule has 0 radical (unpaired) electrons. The molecule has 2 amide bonds. The zero-order chi connectivity index (χ0) is 12.7. The third-order valence-electron chi connectivity index (χ3n) is 3.35. The summed E-state index contributed by atoms with van der Waals surface area (Å²) < 4.78 is 0. The fourth-order valence-corrected chi connectivity index (χ4v) is 2.60. The minimum atomic E-state index is -1.18. The van der Waals surface area contributed by atoms with Crippen LogP contribution in [-0.4, -0.2) is 33.8 Å². The van der Waals surface area contributed by atoms with E-state index in [0.29, 0.717) is 17.9 Å². The van der Waals surface area contributed by atoms with Crippen LogP contribution in [0.1, 0.15) is 19.8 Å². The number of carbonyl (C=O) groups is 3. The lowest BCUT2D eigenvalue weighted by Gasteiger charge is -2.18. The molecular formula is C11H12ClNO4. The van der Waals surface area contributed by atoms with Crippen molar-refractivity contribution in [1.29, 1.82) is 0 Å². The largest absolute Gasteiger partial charge is 0.480 e. The van der Waals surface area contributed by atoms with Gasteiger partial charge in [0.05, 0.1) is 11.8 Å². The van der Waals surface area contributed by atoms with Crippen LogP contribution in [0.15, 0.2) is 11.1 Å². The molecule has 17 heavy (non-hydrogen) atoms. The summed E-state index contributed by atoms with van der Waals surface area (Å²) in [6.07, 6.45) is 2.47. The van der Waals surface area contributed by atoms with E-state index in [1.807, 2.05) is 0 Å². The molecule has 0 saturated carbocycles. The highest BCUT2D eigenvalue weighted by Crippen LogP contribution is 2.39. The summed E-state index contributed by atoms with van der Waals surface area (Å²) in [5.74, 6) is -2.91. The van der Waals surface area contributed by atoms with Gasteiger partial charge in [-0.05, 0) is 19.8 Å². The Balaban J connectivity index is 2.28. The monoisotopic (exact) mass is 257 g/mol. The van der Waals surface area contributed by atoms with Crippen LogP contribution in [0.3, 0.4) is 0 Å². The van der Waals surface area contributed by atoms with Crippen molar-refractivity contribution >= 4 is 29.4 Å². The number of allylic oxidation sites excluding steroid dienone is 2. The fourth-order valence-electron chi connectivity index (χ4n) is 2.35. The number of amides is 2. The van der Waals surface area contributed by atoms with E-state index in [4.69, 9.17) is 16.7 Å². The maximum Gasteiger partial charge on any atom is 0.326 e. The van der Waals surface area contributed by atoms with Crippen molar-refractivity contribution in [3.63, 3.8) is 0 Å². The second-order valence-corrected chi connectivity index (χ2v) is 4.85. The number of nitrogens with zero attached hydrogens (tertiary/aromatic N) is 1. The number of aliphatic carboxylic acids is 1. The number of imide groups is 1. The third-order valence-corrected chi connectivity index (χ3v) is 3.66. The molecule has 5 nitrogen and oxygen atoms in total. The first kappa shape index (κ1) is 12.1. The van der Waals surface area contributed by atoms with Gasteiger partial charge in [0, 0.05) is 5.03 Å². The molecule has 0 unspecified atom stereocenters. The Kier molecular flexibility index (Phi) is 2.95. The molecule has 2 rings (SSSR count). The van der Waals surface area contributed by atoms with Crippen LogP contribution in [0.4, 0.5) is 0 Å². The highest BCUT2D eigenvalue weighted by molar-refractivity contribution is 6.30. The Morgan fingerprint density at radius 1 is 1.47 bits per heavy atom. The SMILES string of the molecule is C[C@H](C(=O)O)N1C(=O)[C@H]2CC(Cl)=CC[C@H]2C1=O. The van der Waals surface area contributed by atoms with Crippen molar-refractivity contribution in [2.24, 2.45) is 11.8 Å². The van der Waals surface area contributed by atoms with E-state index in [9.17, 15) is 14.4 Å². The Hall–Kier alpha value is -1.36. The minimum Gasteiger partial charge on any atom is -0.480 e. The molecule has 1 N–H and O–H groups in total. The van der Waals surface area contributed by atoms with E-state index in [-0.39, 0.29) is 0 Å². The number of carboxylic acids is 1. The van der Waals surface area contributed by atoms with Crippen molar-refractivity contribution in [2.75, 3.05) is 0 Å². The lowest BCUT2D eigenvalue weighted by Crippen LogP contribution is -2.43. The summed E-state index contributed by atoms with van der Waals surface area (Å²) in [5, 5.41) is 9.45. The summed E-state index contributed by atoms with van der Waals surface area (Å²) in [7, 11) is 0. The van der Waals surface area contributed by atoms with Crippen molar-refractivity contribution in [1.82, 2.24) is 4.90 Å². The van der Waals surface area contributed by atoms with E-state index in [1.165, 1.54) is 6.92 Å². The average Bonchev–Trinajstić information content (AvgIpc) is 2.50. The van der Waals surface area contributed by atoms with Gasteiger partial charge in [0.2, 0.25) is 11.8 Å². The summed E-state index contributed by atoms with van der Waals surface area (Å²) in [6.45, 7) is 1.34. The molecule has 0 bridgehead atoms. The van der Waals surface area contributed by atoms with Gasteiger partial charge in [0.15, 0.2) is 0 Å². The molecule has 1 saturated heterocycles. The van der Waals surface area contributed by atoms with Crippen LogP contribution in [-0.2, 0) is 14.4 Å². The van der Waals surface area contributed by atoms with Crippen molar-refractivity contribution < 1.29 is 19.5 Å². The lowest BCUT2D eigenvalue weighted by atomic mass is 9.85. The minimum absolute atomic E-state index is 0.333. The van der Waals surface area contributed by atoms with Crippen molar-refractivity contribution in [2.45, 2.75) is 25.8 Å². The van der Waals surface area contributed by atoms with Crippen molar-refractivity contribution in [3.05, 3.63) is 11.1 Å². The van der Waals surface area contributed by atoms with Crippen molar-refractivity contribution in [3.8, 4) is 0 Å².